The molecule has 2 aliphatic heterocycles. The van der Waals surface area contributed by atoms with E-state index in [4.69, 9.17) is 5.11 Å². The van der Waals surface area contributed by atoms with Gasteiger partial charge in [-0.25, -0.2) is 0 Å². The van der Waals surface area contributed by atoms with Gasteiger partial charge in [-0.05, 0) is 74.5 Å². The van der Waals surface area contributed by atoms with E-state index in [0.29, 0.717) is 11.5 Å². The van der Waals surface area contributed by atoms with Crippen LogP contribution in [0.4, 0.5) is 5.69 Å². The number of piperidine rings is 1. The summed E-state index contributed by atoms with van der Waals surface area (Å²) in [5.41, 5.74) is 7.01. The van der Waals surface area contributed by atoms with Crippen LogP contribution in [0.15, 0.2) is 18.2 Å². The van der Waals surface area contributed by atoms with Gasteiger partial charge in [0.05, 0.1) is 12.0 Å². The van der Waals surface area contributed by atoms with Gasteiger partial charge in [0.1, 0.15) is 0 Å². The number of aryl methyl sites for hydroxylation is 1. The Hall–Kier alpha value is -2.86. The number of H-pyrrole nitrogens is 1. The molecule has 0 unspecified atom stereocenters. The van der Waals surface area contributed by atoms with Crippen LogP contribution in [0.5, 0.6) is 0 Å². The van der Waals surface area contributed by atoms with Crippen LogP contribution in [0.25, 0.3) is 11.6 Å². The molecule has 1 fully saturated rings. The molecule has 0 aliphatic carbocycles. The number of benzene rings is 1. The van der Waals surface area contributed by atoms with Crippen molar-refractivity contribution in [3.8, 4) is 0 Å². The van der Waals surface area contributed by atoms with Crippen molar-refractivity contribution in [2.75, 3.05) is 18.4 Å². The molecule has 4 N–H and O–H groups in total. The fourth-order valence-corrected chi connectivity index (χ4v) is 4.41. The molecule has 4 rings (SSSR count). The number of carboxylic acids is 1. The summed E-state index contributed by atoms with van der Waals surface area (Å²) in [6, 6.07) is 6.08. The molecule has 1 saturated heterocycles. The first-order valence-electron chi connectivity index (χ1n) is 9.72. The van der Waals surface area contributed by atoms with E-state index in [9.17, 15) is 9.59 Å². The summed E-state index contributed by atoms with van der Waals surface area (Å²) in [4.78, 5) is 27.2. The van der Waals surface area contributed by atoms with E-state index < -0.39 is 5.97 Å². The molecule has 0 radical (unpaired) electrons. The van der Waals surface area contributed by atoms with Gasteiger partial charge in [-0.2, -0.15) is 0 Å². The van der Waals surface area contributed by atoms with Gasteiger partial charge >= 0.3 is 5.97 Å². The van der Waals surface area contributed by atoms with E-state index in [1.54, 1.807) is 0 Å². The maximum absolute atomic E-state index is 12.8. The monoisotopic (exact) mass is 379 g/mol. The molecule has 146 valence electrons. The van der Waals surface area contributed by atoms with Gasteiger partial charge in [0.2, 0.25) is 0 Å². The standard InChI is InChI=1S/C22H25N3O3/c1-12-16(11-20(26)27)13(2)24-19(12)10-17-21-15(14-6-8-23-9-7-14)4-3-5-18(21)25-22(17)28/h3-5,10,14,23-24H,6-9,11H2,1-2H3,(H,25,28)(H,26,27)/b17-10-. The molecular weight excluding hydrogens is 354 g/mol. The van der Waals surface area contributed by atoms with Gasteiger partial charge in [-0.1, -0.05) is 12.1 Å². The van der Waals surface area contributed by atoms with Crippen molar-refractivity contribution in [2.24, 2.45) is 0 Å². The summed E-state index contributed by atoms with van der Waals surface area (Å²) in [5, 5.41) is 15.5. The zero-order valence-corrected chi connectivity index (χ0v) is 16.2. The van der Waals surface area contributed by atoms with E-state index in [2.05, 4.69) is 21.7 Å². The maximum Gasteiger partial charge on any atom is 0.307 e. The number of carbonyl (C=O) groups is 2. The fourth-order valence-electron chi connectivity index (χ4n) is 4.41. The number of aliphatic carboxylic acids is 1. The first kappa shape index (κ1) is 18.5. The zero-order valence-electron chi connectivity index (χ0n) is 16.2. The number of fused-ring (bicyclic) bond motifs is 1. The molecule has 6 heteroatoms. The van der Waals surface area contributed by atoms with E-state index in [1.165, 1.54) is 5.56 Å². The topological polar surface area (TPSA) is 94.2 Å². The highest BCUT2D eigenvalue weighted by atomic mass is 16.4. The van der Waals surface area contributed by atoms with Crippen LogP contribution >= 0.6 is 0 Å². The van der Waals surface area contributed by atoms with Gasteiger partial charge in [0.25, 0.3) is 5.91 Å². The Kier molecular flexibility index (Phi) is 4.81. The third-order valence-corrected chi connectivity index (χ3v) is 5.89. The number of carboxylic acid groups (broad SMARTS) is 1. The highest BCUT2D eigenvalue weighted by molar-refractivity contribution is 6.35. The molecular formula is C22H25N3O3. The van der Waals surface area contributed by atoms with E-state index in [-0.39, 0.29) is 12.3 Å². The number of amides is 1. The van der Waals surface area contributed by atoms with Crippen LogP contribution in [0, 0.1) is 13.8 Å². The lowest BCUT2D eigenvalue weighted by Crippen LogP contribution is -2.27. The number of aromatic amines is 1. The average Bonchev–Trinajstić information content (AvgIpc) is 3.13. The first-order valence-corrected chi connectivity index (χ1v) is 9.72. The molecule has 0 atom stereocenters. The van der Waals surface area contributed by atoms with Crippen molar-refractivity contribution < 1.29 is 14.7 Å². The molecule has 2 aliphatic rings. The quantitative estimate of drug-likeness (QED) is 0.614. The van der Waals surface area contributed by atoms with Crippen molar-refractivity contribution in [1.29, 1.82) is 0 Å². The molecule has 1 aromatic heterocycles. The van der Waals surface area contributed by atoms with Crippen molar-refractivity contribution >= 4 is 29.2 Å². The Labute approximate surface area is 164 Å². The predicted molar refractivity (Wildman–Crippen MR) is 109 cm³/mol. The molecule has 1 aromatic carbocycles. The Morgan fingerprint density at radius 2 is 2.00 bits per heavy atom. The number of hydrogen-bond acceptors (Lipinski definition) is 3. The second-order valence-electron chi connectivity index (χ2n) is 7.64. The Bertz CT molecular complexity index is 981. The summed E-state index contributed by atoms with van der Waals surface area (Å²) < 4.78 is 0. The third kappa shape index (κ3) is 3.24. The summed E-state index contributed by atoms with van der Waals surface area (Å²) in [6.45, 7) is 5.75. The normalized spacial score (nSPS) is 18.4. The molecule has 28 heavy (non-hydrogen) atoms. The molecule has 3 heterocycles. The molecule has 6 nitrogen and oxygen atoms in total. The van der Waals surface area contributed by atoms with Gasteiger partial charge in [-0.15, -0.1) is 0 Å². The largest absolute Gasteiger partial charge is 0.481 e. The Balaban J connectivity index is 1.79. The lowest BCUT2D eigenvalue weighted by Gasteiger charge is -2.25. The first-order chi connectivity index (χ1) is 13.5. The molecule has 0 bridgehead atoms. The number of rotatable bonds is 4. The second kappa shape index (κ2) is 7.28. The average molecular weight is 379 g/mol. The van der Waals surface area contributed by atoms with Crippen molar-refractivity contribution in [2.45, 2.75) is 39.0 Å². The van der Waals surface area contributed by atoms with Crippen molar-refractivity contribution in [1.82, 2.24) is 10.3 Å². The summed E-state index contributed by atoms with van der Waals surface area (Å²) in [7, 11) is 0. The number of nitrogens with one attached hydrogen (secondary N) is 3. The Morgan fingerprint density at radius 3 is 2.71 bits per heavy atom. The van der Waals surface area contributed by atoms with Crippen LogP contribution in [0.3, 0.4) is 0 Å². The van der Waals surface area contributed by atoms with Crippen LogP contribution in [0.1, 0.15) is 52.4 Å². The molecule has 0 spiro atoms. The molecule has 1 amide bonds. The zero-order chi connectivity index (χ0) is 19.8. The van der Waals surface area contributed by atoms with Gasteiger partial charge in [0, 0.05) is 22.6 Å². The number of aromatic nitrogens is 1. The van der Waals surface area contributed by atoms with E-state index in [1.807, 2.05) is 32.1 Å². The SMILES string of the molecule is Cc1[nH]c(/C=C2\C(=O)Nc3cccc(C4CCNCC4)c32)c(C)c1CC(=O)O. The number of anilines is 1. The minimum absolute atomic E-state index is 0.0273. The van der Waals surface area contributed by atoms with Crippen molar-refractivity contribution in [3.05, 3.63) is 51.8 Å². The molecule has 2 aromatic rings. The molecule has 0 saturated carbocycles. The van der Waals surface area contributed by atoms with Gasteiger partial charge in [0.15, 0.2) is 0 Å². The number of hydrogen-bond donors (Lipinski definition) is 4. The summed E-state index contributed by atoms with van der Waals surface area (Å²) >= 11 is 0. The van der Waals surface area contributed by atoms with E-state index >= 15 is 0 Å². The van der Waals surface area contributed by atoms with Crippen LogP contribution < -0.4 is 10.6 Å². The summed E-state index contributed by atoms with van der Waals surface area (Å²) in [6.07, 6.45) is 3.96. The lowest BCUT2D eigenvalue weighted by atomic mass is 9.85. The highest BCUT2D eigenvalue weighted by Crippen LogP contribution is 2.41. The second-order valence-corrected chi connectivity index (χ2v) is 7.64. The van der Waals surface area contributed by atoms with Gasteiger partial charge in [-0.3, -0.25) is 9.59 Å². The minimum Gasteiger partial charge on any atom is -0.481 e. The maximum atomic E-state index is 12.8. The van der Waals surface area contributed by atoms with Crippen molar-refractivity contribution in [3.63, 3.8) is 0 Å². The lowest BCUT2D eigenvalue weighted by molar-refractivity contribution is -0.136. The summed E-state index contributed by atoms with van der Waals surface area (Å²) in [5.74, 6) is -0.536. The van der Waals surface area contributed by atoms with E-state index in [0.717, 1.165) is 59.7 Å². The van der Waals surface area contributed by atoms with Crippen LogP contribution in [-0.4, -0.2) is 35.1 Å². The fraction of sp³-hybridized carbons (Fsp3) is 0.364. The van der Waals surface area contributed by atoms with Crippen LogP contribution in [-0.2, 0) is 16.0 Å². The predicted octanol–water partition coefficient (Wildman–Crippen LogP) is 3.22. The number of carbonyl (C=O) groups excluding carboxylic acids is 1. The van der Waals surface area contributed by atoms with Crippen LogP contribution in [0.2, 0.25) is 0 Å². The highest BCUT2D eigenvalue weighted by Gasteiger charge is 2.30. The third-order valence-electron chi connectivity index (χ3n) is 5.89. The smallest absolute Gasteiger partial charge is 0.307 e. The van der Waals surface area contributed by atoms with Gasteiger partial charge < -0.3 is 20.7 Å². The Morgan fingerprint density at radius 1 is 1.25 bits per heavy atom. The minimum atomic E-state index is -0.860.